The van der Waals surface area contributed by atoms with Crippen LogP contribution in [0.25, 0.3) is 55.6 Å². The minimum atomic E-state index is -2.38. The Morgan fingerprint density at radius 1 is 0.761 bits per heavy atom. The van der Waals surface area contributed by atoms with Gasteiger partial charge >= 0.3 is 277 Å². The molecule has 0 amide bonds. The Hall–Kier alpha value is -3.28. The van der Waals surface area contributed by atoms with Gasteiger partial charge in [0, 0.05) is 20.1 Å². The number of pyridine rings is 2. The van der Waals surface area contributed by atoms with Crippen LogP contribution in [0.2, 0.25) is 28.8 Å². The van der Waals surface area contributed by atoms with Gasteiger partial charge in [0.05, 0.1) is 0 Å². The molecule has 0 bridgehead atoms. The Kier molecular flexibility index (Phi) is 8.00. The molecule has 4 heterocycles. The topological polar surface area (TPSA) is 38.9 Å². The van der Waals surface area contributed by atoms with E-state index in [4.69, 9.17) is 8.53 Å². The number of hydrogen-bond acceptors (Lipinski definition) is 3. The van der Waals surface area contributed by atoms with Crippen LogP contribution in [0, 0.1) is 19.0 Å². The zero-order chi connectivity index (χ0) is 33.8. The number of nitrogens with zero attached hydrogens (tertiary/aromatic N) is 2. The van der Waals surface area contributed by atoms with Gasteiger partial charge in [-0.15, -0.1) is 0 Å². The summed E-state index contributed by atoms with van der Waals surface area (Å²) >= 11 is -4.10. The van der Waals surface area contributed by atoms with Gasteiger partial charge in [-0.1, -0.05) is 0 Å². The average molecular weight is 901 g/mol. The van der Waals surface area contributed by atoms with Crippen LogP contribution in [0.3, 0.4) is 0 Å². The summed E-state index contributed by atoms with van der Waals surface area (Å²) in [7, 11) is 0. The molecule has 46 heavy (non-hydrogen) atoms. The predicted octanol–water partition coefficient (Wildman–Crippen LogP) is 8.65. The van der Waals surface area contributed by atoms with Crippen LogP contribution in [0.5, 0.6) is 0 Å². The average Bonchev–Trinajstić information content (AvgIpc) is 3.55. The van der Waals surface area contributed by atoms with E-state index in [1.807, 2.05) is 42.6 Å². The largest absolute Gasteiger partial charge is 0 e. The molecule has 3 aromatic heterocycles. The Balaban J connectivity index is 0.000000208. The van der Waals surface area contributed by atoms with Crippen molar-refractivity contribution in [3.8, 4) is 33.6 Å². The third-order valence-corrected chi connectivity index (χ3v) is 20.5. The van der Waals surface area contributed by atoms with Crippen molar-refractivity contribution in [1.82, 2.24) is 9.97 Å². The normalized spacial score (nSPS) is 14.2. The molecule has 0 N–H and O–H groups in total. The van der Waals surface area contributed by atoms with Crippen molar-refractivity contribution in [3.05, 3.63) is 127 Å². The van der Waals surface area contributed by atoms with Gasteiger partial charge in [-0.25, -0.2) is 0 Å². The second kappa shape index (κ2) is 12.7. The number of fused-ring (bicyclic) bond motifs is 6. The molecule has 0 saturated heterocycles. The molecule has 0 unspecified atom stereocenters. The molecule has 7 aromatic rings. The fraction of sp³-hybridized carbons (Fsp3) is 0.150. The monoisotopic (exact) mass is 904 g/mol. The number of aromatic nitrogens is 2. The first-order valence-corrected chi connectivity index (χ1v) is 28.9. The molecule has 1 radical (unpaired) electrons. The summed E-state index contributed by atoms with van der Waals surface area (Å²) in [6, 6.07) is 39.0. The van der Waals surface area contributed by atoms with Crippen molar-refractivity contribution in [1.29, 1.82) is 0 Å². The number of furan rings is 1. The Morgan fingerprint density at radius 3 is 2.33 bits per heavy atom. The van der Waals surface area contributed by atoms with E-state index in [0.29, 0.717) is 16.8 Å². The summed E-state index contributed by atoms with van der Waals surface area (Å²) in [5.41, 5.74) is 7.71. The molecular formula is C40H36Ge2IrN2O-2. The van der Waals surface area contributed by atoms with Gasteiger partial charge in [0.25, 0.3) is 0 Å². The molecule has 1 aliphatic rings. The second-order valence-corrected chi connectivity index (χ2v) is 32.9. The Labute approximate surface area is 294 Å². The van der Waals surface area contributed by atoms with E-state index in [1.165, 1.54) is 36.6 Å². The standard InChI is InChI=1S/C26H20GeNO.C14H16GeN.Ir/c1-16-11-12-28-24(13-16)19-9-6-8-18-21-14-23-20(15-25(21)29-26(18)19)17-7-4-5-10-22(17)27(23,2)3;1-15(2,3)13-9-10-14(16-11-13)12-7-5-4-6-8-12;/h4-8,10-15H,1-3H3;4-7,9-11H,1-3H3;/q2*-1;/i1D3;;. The molecule has 0 aliphatic carbocycles. The van der Waals surface area contributed by atoms with E-state index in [-0.39, 0.29) is 25.7 Å². The van der Waals surface area contributed by atoms with Crippen LogP contribution in [-0.4, -0.2) is 36.5 Å². The van der Waals surface area contributed by atoms with Crippen LogP contribution in [-0.2, 0) is 20.1 Å². The van der Waals surface area contributed by atoms with Crippen molar-refractivity contribution in [3.63, 3.8) is 0 Å². The van der Waals surface area contributed by atoms with E-state index in [1.54, 1.807) is 6.07 Å². The van der Waals surface area contributed by atoms with Gasteiger partial charge in [0.2, 0.25) is 0 Å². The van der Waals surface area contributed by atoms with Crippen molar-refractivity contribution < 1.29 is 28.6 Å². The molecule has 3 nitrogen and oxygen atoms in total. The summed E-state index contributed by atoms with van der Waals surface area (Å²) < 4.78 is 34.0. The van der Waals surface area contributed by atoms with Crippen molar-refractivity contribution >= 4 is 61.7 Å². The van der Waals surface area contributed by atoms with Crippen LogP contribution in [0.4, 0.5) is 0 Å². The minimum absolute atomic E-state index is 0. The fourth-order valence-electron chi connectivity index (χ4n) is 6.24. The summed E-state index contributed by atoms with van der Waals surface area (Å²) in [5, 5.41) is 2.10. The molecule has 0 saturated carbocycles. The summed E-state index contributed by atoms with van der Waals surface area (Å²) in [5.74, 6) is 12.0. The SMILES string of the molecule is [2H]C([2H])([2H])c1ccnc(-c2[c-]ccc3c2oc2cc4[c](cc23)[Ge]([CH3])([CH3])[c]2ccccc2-4)c1.[CH3][Ge]([CH3])([CH3])[c]1ccc(-c2[c-]cccc2)nc1.[Ir]. The maximum Gasteiger partial charge on any atom is 0 e. The van der Waals surface area contributed by atoms with E-state index >= 15 is 0 Å². The Morgan fingerprint density at radius 2 is 1.59 bits per heavy atom. The molecule has 4 aromatic carbocycles. The molecule has 1 aliphatic heterocycles. The van der Waals surface area contributed by atoms with Gasteiger partial charge in [0.1, 0.15) is 0 Å². The van der Waals surface area contributed by atoms with Crippen LogP contribution >= 0.6 is 0 Å². The number of hydrogen-bond donors (Lipinski definition) is 0. The summed E-state index contributed by atoms with van der Waals surface area (Å²) in [6.45, 7) is -2.19. The van der Waals surface area contributed by atoms with Crippen molar-refractivity contribution in [2.45, 2.75) is 35.6 Å². The first kappa shape index (κ1) is 28.9. The first-order valence-electron chi connectivity index (χ1n) is 16.7. The molecule has 0 atom stereocenters. The maximum atomic E-state index is 7.73. The van der Waals surface area contributed by atoms with Gasteiger partial charge in [-0.2, -0.15) is 0 Å². The molecule has 6 heteroatoms. The van der Waals surface area contributed by atoms with Crippen LogP contribution < -0.4 is 13.2 Å². The van der Waals surface area contributed by atoms with E-state index in [9.17, 15) is 0 Å². The Bertz CT molecular complexity index is 2290. The molecular weight excluding hydrogens is 862 g/mol. The summed E-state index contributed by atoms with van der Waals surface area (Å²) in [4.78, 5) is 8.96. The van der Waals surface area contributed by atoms with Crippen LogP contribution in [0.15, 0.2) is 114 Å². The van der Waals surface area contributed by atoms with E-state index < -0.39 is 33.4 Å². The van der Waals surface area contributed by atoms with Gasteiger partial charge in [-0.05, 0) is 0 Å². The summed E-state index contributed by atoms with van der Waals surface area (Å²) in [6.07, 6.45) is 3.57. The third kappa shape index (κ3) is 5.97. The number of aryl methyl sites for hydroxylation is 1. The molecule has 231 valence electrons. The molecule has 0 spiro atoms. The van der Waals surface area contributed by atoms with E-state index in [2.05, 4.69) is 99.4 Å². The van der Waals surface area contributed by atoms with E-state index in [0.717, 1.165) is 27.6 Å². The molecule has 8 rings (SSSR count). The minimum Gasteiger partial charge on any atom is 0 e. The maximum absolute atomic E-state index is 7.73. The molecule has 0 fully saturated rings. The number of rotatable bonds is 3. The fourth-order valence-corrected chi connectivity index (χ4v) is 14.9. The second-order valence-electron chi connectivity index (χ2n) is 13.2. The van der Waals surface area contributed by atoms with Crippen molar-refractivity contribution in [2.75, 3.05) is 0 Å². The third-order valence-electron chi connectivity index (χ3n) is 8.77. The zero-order valence-corrected chi connectivity index (χ0v) is 33.1. The first-order chi connectivity index (χ1) is 22.8. The zero-order valence-electron chi connectivity index (χ0n) is 29.5. The predicted molar refractivity (Wildman–Crippen MR) is 194 cm³/mol. The van der Waals surface area contributed by atoms with Gasteiger partial charge in [-0.3, -0.25) is 0 Å². The van der Waals surface area contributed by atoms with Crippen molar-refractivity contribution in [2.24, 2.45) is 0 Å². The van der Waals surface area contributed by atoms with Gasteiger partial charge in [0.15, 0.2) is 0 Å². The smallest absolute Gasteiger partial charge is 0 e. The number of benzene rings is 4. The van der Waals surface area contributed by atoms with Crippen LogP contribution in [0.1, 0.15) is 9.68 Å². The van der Waals surface area contributed by atoms with Gasteiger partial charge < -0.3 is 0 Å². The quantitative estimate of drug-likeness (QED) is 0.132.